The van der Waals surface area contributed by atoms with Gasteiger partial charge >= 0.3 is 0 Å². The van der Waals surface area contributed by atoms with E-state index in [1.54, 1.807) is 14.2 Å². The summed E-state index contributed by atoms with van der Waals surface area (Å²) in [6.45, 7) is 6.61. The largest absolute Gasteiger partial charge is 0.496 e. The molecule has 4 heteroatoms. The van der Waals surface area contributed by atoms with Gasteiger partial charge in [-0.3, -0.25) is 4.79 Å². The molecule has 0 radical (unpaired) electrons. The number of methoxy groups -OCH3 is 1. The average molecular weight is 278 g/mol. The number of carbonyl (C=O) groups is 1. The lowest BCUT2D eigenvalue weighted by Crippen LogP contribution is -2.43. The highest BCUT2D eigenvalue weighted by molar-refractivity contribution is 5.81. The van der Waals surface area contributed by atoms with Crippen molar-refractivity contribution in [2.45, 2.75) is 33.2 Å². The maximum atomic E-state index is 11.8. The molecule has 0 aliphatic rings. The maximum absolute atomic E-state index is 11.8. The Bertz CT molecular complexity index is 444. The van der Waals surface area contributed by atoms with E-state index in [4.69, 9.17) is 4.74 Å². The Labute approximate surface area is 121 Å². The number of amides is 1. The zero-order valence-electron chi connectivity index (χ0n) is 13.1. The Kier molecular flexibility index (Phi) is 6.02. The minimum absolute atomic E-state index is 0.0416. The smallest absolute Gasteiger partial charge is 0.226 e. The lowest BCUT2D eigenvalue weighted by Gasteiger charge is -2.27. The predicted molar refractivity (Wildman–Crippen MR) is 81.9 cm³/mol. The van der Waals surface area contributed by atoms with E-state index in [1.165, 1.54) is 0 Å². The molecule has 0 saturated heterocycles. The summed E-state index contributed by atoms with van der Waals surface area (Å²) >= 11 is 0. The van der Waals surface area contributed by atoms with Crippen LogP contribution >= 0.6 is 0 Å². The first-order valence-electron chi connectivity index (χ1n) is 7.04. The molecular weight excluding hydrogens is 252 g/mol. The molecule has 20 heavy (non-hydrogen) atoms. The van der Waals surface area contributed by atoms with Crippen molar-refractivity contribution in [3.8, 4) is 5.75 Å². The van der Waals surface area contributed by atoms with Crippen molar-refractivity contribution in [2.24, 2.45) is 5.41 Å². The van der Waals surface area contributed by atoms with E-state index in [9.17, 15) is 4.79 Å². The van der Waals surface area contributed by atoms with Crippen LogP contribution in [0.2, 0.25) is 0 Å². The van der Waals surface area contributed by atoms with Gasteiger partial charge in [-0.1, -0.05) is 25.1 Å². The quantitative estimate of drug-likeness (QED) is 0.805. The molecule has 112 valence electrons. The fourth-order valence-electron chi connectivity index (χ4n) is 2.23. The van der Waals surface area contributed by atoms with Crippen LogP contribution < -0.4 is 15.4 Å². The van der Waals surface area contributed by atoms with Gasteiger partial charge in [-0.05, 0) is 26.3 Å². The maximum Gasteiger partial charge on any atom is 0.226 e. The summed E-state index contributed by atoms with van der Waals surface area (Å²) in [6, 6.07) is 8.17. The number of para-hydroxylation sites is 1. The van der Waals surface area contributed by atoms with Gasteiger partial charge in [0.25, 0.3) is 0 Å². The molecule has 1 aromatic rings. The van der Waals surface area contributed by atoms with Crippen LogP contribution in [0, 0.1) is 5.41 Å². The van der Waals surface area contributed by atoms with E-state index in [2.05, 4.69) is 23.6 Å². The highest BCUT2D eigenvalue weighted by Crippen LogP contribution is 2.27. The van der Waals surface area contributed by atoms with Crippen molar-refractivity contribution < 1.29 is 9.53 Å². The summed E-state index contributed by atoms with van der Waals surface area (Å²) in [6.07, 6.45) is 0.935. The Morgan fingerprint density at radius 1 is 1.35 bits per heavy atom. The Balaban J connectivity index is 2.80. The second-order valence-electron chi connectivity index (χ2n) is 5.55. The minimum atomic E-state index is -0.440. The van der Waals surface area contributed by atoms with Gasteiger partial charge in [-0.2, -0.15) is 0 Å². The third-order valence-electron chi connectivity index (χ3n) is 3.55. The second kappa shape index (κ2) is 7.29. The van der Waals surface area contributed by atoms with E-state index in [-0.39, 0.29) is 11.9 Å². The van der Waals surface area contributed by atoms with Crippen molar-refractivity contribution in [2.75, 3.05) is 20.7 Å². The molecule has 1 aromatic carbocycles. The fourth-order valence-corrected chi connectivity index (χ4v) is 2.23. The van der Waals surface area contributed by atoms with Gasteiger partial charge in [0.2, 0.25) is 5.91 Å². The van der Waals surface area contributed by atoms with Gasteiger partial charge < -0.3 is 15.4 Å². The van der Waals surface area contributed by atoms with Gasteiger partial charge in [0.05, 0.1) is 12.5 Å². The number of rotatable bonds is 7. The molecule has 0 spiro atoms. The Morgan fingerprint density at radius 3 is 2.55 bits per heavy atom. The number of nitrogens with one attached hydrogen (secondary N) is 2. The van der Waals surface area contributed by atoms with Crippen LogP contribution in [0.5, 0.6) is 5.75 Å². The van der Waals surface area contributed by atoms with Crippen molar-refractivity contribution in [1.82, 2.24) is 10.6 Å². The third-order valence-corrected chi connectivity index (χ3v) is 3.55. The lowest BCUT2D eigenvalue weighted by atomic mass is 9.91. The van der Waals surface area contributed by atoms with Gasteiger partial charge in [0, 0.05) is 25.2 Å². The number of ether oxygens (including phenoxy) is 1. The Morgan fingerprint density at radius 2 is 2.00 bits per heavy atom. The van der Waals surface area contributed by atoms with E-state index in [0.717, 1.165) is 17.7 Å². The summed E-state index contributed by atoms with van der Waals surface area (Å²) in [4.78, 5) is 11.8. The summed E-state index contributed by atoms with van der Waals surface area (Å²) in [5, 5.41) is 6.18. The number of hydrogen-bond donors (Lipinski definition) is 2. The molecule has 1 rings (SSSR count). The first-order valence-corrected chi connectivity index (χ1v) is 7.04. The topological polar surface area (TPSA) is 50.4 Å². The molecule has 4 nitrogen and oxygen atoms in total. The zero-order valence-corrected chi connectivity index (χ0v) is 13.1. The highest BCUT2D eigenvalue weighted by Gasteiger charge is 2.27. The first kappa shape index (κ1) is 16.5. The normalized spacial score (nSPS) is 12.8. The van der Waals surface area contributed by atoms with Crippen LogP contribution in [0.25, 0.3) is 0 Å². The summed E-state index contributed by atoms with van der Waals surface area (Å²) < 4.78 is 5.41. The predicted octanol–water partition coefficient (Wildman–Crippen LogP) is 2.51. The summed E-state index contributed by atoms with van der Waals surface area (Å²) in [5.41, 5.74) is 0.690. The molecular formula is C16H26N2O2. The molecule has 1 unspecified atom stereocenters. The molecule has 1 atom stereocenters. The van der Waals surface area contributed by atoms with E-state index in [0.29, 0.717) is 6.54 Å². The summed E-state index contributed by atoms with van der Waals surface area (Å²) in [5.74, 6) is 0.921. The molecule has 0 fully saturated rings. The van der Waals surface area contributed by atoms with Crippen LogP contribution in [-0.4, -0.2) is 26.6 Å². The number of benzene rings is 1. The van der Waals surface area contributed by atoms with E-state index in [1.807, 2.05) is 32.0 Å². The van der Waals surface area contributed by atoms with Crippen LogP contribution in [0.4, 0.5) is 0 Å². The third kappa shape index (κ3) is 3.97. The average Bonchev–Trinajstić information content (AvgIpc) is 2.47. The molecule has 0 bridgehead atoms. The molecule has 2 N–H and O–H groups in total. The standard InChI is InChI=1S/C16H26N2O2/c1-6-13(12-9-7-8-10-14(12)20-5)18-11-16(2,3)15(19)17-4/h7-10,13,18H,6,11H2,1-5H3,(H,17,19). The van der Waals surface area contributed by atoms with Gasteiger partial charge in [0.15, 0.2) is 0 Å². The van der Waals surface area contributed by atoms with Crippen molar-refractivity contribution in [3.63, 3.8) is 0 Å². The molecule has 0 aliphatic carbocycles. The van der Waals surface area contributed by atoms with Crippen LogP contribution in [-0.2, 0) is 4.79 Å². The molecule has 0 saturated carbocycles. The van der Waals surface area contributed by atoms with E-state index >= 15 is 0 Å². The van der Waals surface area contributed by atoms with Crippen LogP contribution in [0.3, 0.4) is 0 Å². The molecule has 0 aliphatic heterocycles. The number of carbonyl (C=O) groups excluding carboxylic acids is 1. The SMILES string of the molecule is CCC(NCC(C)(C)C(=O)NC)c1ccccc1OC. The first-order chi connectivity index (χ1) is 9.46. The number of hydrogen-bond acceptors (Lipinski definition) is 3. The lowest BCUT2D eigenvalue weighted by molar-refractivity contribution is -0.128. The van der Waals surface area contributed by atoms with Crippen LogP contribution in [0.15, 0.2) is 24.3 Å². The van der Waals surface area contributed by atoms with Crippen molar-refractivity contribution >= 4 is 5.91 Å². The summed E-state index contributed by atoms with van der Waals surface area (Å²) in [7, 11) is 3.35. The second-order valence-corrected chi connectivity index (χ2v) is 5.55. The van der Waals surface area contributed by atoms with Crippen LogP contribution in [0.1, 0.15) is 38.8 Å². The Hall–Kier alpha value is -1.55. The highest BCUT2D eigenvalue weighted by atomic mass is 16.5. The zero-order chi connectivity index (χ0) is 15.2. The van der Waals surface area contributed by atoms with Crippen molar-refractivity contribution in [3.05, 3.63) is 29.8 Å². The van der Waals surface area contributed by atoms with Gasteiger partial charge in [-0.25, -0.2) is 0 Å². The minimum Gasteiger partial charge on any atom is -0.496 e. The van der Waals surface area contributed by atoms with E-state index < -0.39 is 5.41 Å². The van der Waals surface area contributed by atoms with Gasteiger partial charge in [-0.15, -0.1) is 0 Å². The monoisotopic (exact) mass is 278 g/mol. The van der Waals surface area contributed by atoms with Gasteiger partial charge in [0.1, 0.15) is 5.75 Å². The molecule has 1 amide bonds. The van der Waals surface area contributed by atoms with Crippen molar-refractivity contribution in [1.29, 1.82) is 0 Å². The molecule has 0 heterocycles. The fraction of sp³-hybridized carbons (Fsp3) is 0.562. The molecule has 0 aromatic heterocycles.